The minimum absolute atomic E-state index is 0.0760. The van der Waals surface area contributed by atoms with Gasteiger partial charge in [0.15, 0.2) is 5.78 Å². The van der Waals surface area contributed by atoms with Gasteiger partial charge in [0.25, 0.3) is 0 Å². The highest BCUT2D eigenvalue weighted by atomic mass is 35.5. The predicted octanol–water partition coefficient (Wildman–Crippen LogP) is 2.45. The Labute approximate surface area is 101 Å². The second-order valence-corrected chi connectivity index (χ2v) is 4.03. The van der Waals surface area contributed by atoms with Gasteiger partial charge in [-0.3, -0.25) is 9.69 Å². The van der Waals surface area contributed by atoms with Gasteiger partial charge in [0, 0.05) is 5.56 Å². The van der Waals surface area contributed by atoms with Crippen LogP contribution in [0.15, 0.2) is 18.2 Å². The summed E-state index contributed by atoms with van der Waals surface area (Å²) in [5, 5.41) is 0.486. The molecular weight excluding hydrogens is 224 g/mol. The largest absolute Gasteiger partial charge is 0.398 e. The summed E-state index contributed by atoms with van der Waals surface area (Å²) in [6.45, 7) is 6.23. The molecule has 1 aromatic carbocycles. The summed E-state index contributed by atoms with van der Waals surface area (Å²) in [5.74, 6) is 0.0760. The SMILES string of the molecule is CCN(CC)CC(=O)c1ccc(Cl)c(N)c1. The highest BCUT2D eigenvalue weighted by Crippen LogP contribution is 2.19. The smallest absolute Gasteiger partial charge is 0.176 e. The first-order valence-electron chi connectivity index (χ1n) is 5.39. The molecule has 0 heterocycles. The first-order chi connectivity index (χ1) is 7.58. The number of nitrogens with two attached hydrogens (primary N) is 1. The molecule has 0 aliphatic rings. The first kappa shape index (κ1) is 13.0. The lowest BCUT2D eigenvalue weighted by Crippen LogP contribution is -2.29. The van der Waals surface area contributed by atoms with Crippen LogP contribution in [0.25, 0.3) is 0 Å². The number of carbonyl (C=O) groups is 1. The Hall–Kier alpha value is -1.06. The zero-order valence-corrected chi connectivity index (χ0v) is 10.4. The van der Waals surface area contributed by atoms with Crippen molar-refractivity contribution in [3.8, 4) is 0 Å². The van der Waals surface area contributed by atoms with Crippen molar-refractivity contribution in [1.82, 2.24) is 4.90 Å². The molecule has 2 N–H and O–H groups in total. The third-order valence-electron chi connectivity index (χ3n) is 2.58. The second kappa shape index (κ2) is 5.87. The number of likely N-dealkylation sites (N-methyl/N-ethyl adjacent to an activating group) is 1. The number of carbonyl (C=O) groups excluding carboxylic acids is 1. The molecular formula is C12H17ClN2O. The van der Waals surface area contributed by atoms with Crippen molar-refractivity contribution >= 4 is 23.1 Å². The van der Waals surface area contributed by atoms with Gasteiger partial charge >= 0.3 is 0 Å². The van der Waals surface area contributed by atoms with Crippen LogP contribution in [-0.2, 0) is 0 Å². The van der Waals surface area contributed by atoms with Crippen molar-refractivity contribution in [2.24, 2.45) is 0 Å². The van der Waals surface area contributed by atoms with Gasteiger partial charge in [-0.05, 0) is 31.3 Å². The summed E-state index contributed by atoms with van der Waals surface area (Å²) in [5.41, 5.74) is 6.73. The number of nitrogens with zero attached hydrogens (tertiary/aromatic N) is 1. The molecule has 0 atom stereocenters. The highest BCUT2D eigenvalue weighted by Gasteiger charge is 2.10. The van der Waals surface area contributed by atoms with Gasteiger partial charge in [-0.2, -0.15) is 0 Å². The van der Waals surface area contributed by atoms with E-state index in [4.69, 9.17) is 17.3 Å². The molecule has 0 fully saturated rings. The van der Waals surface area contributed by atoms with Gasteiger partial charge in [0.2, 0.25) is 0 Å². The number of Topliss-reactive ketones (excluding diaryl/α,β-unsaturated/α-hetero) is 1. The van der Waals surface area contributed by atoms with Crippen LogP contribution in [0.2, 0.25) is 5.02 Å². The number of benzene rings is 1. The van der Waals surface area contributed by atoms with Gasteiger partial charge in [-0.15, -0.1) is 0 Å². The third kappa shape index (κ3) is 3.22. The summed E-state index contributed by atoms with van der Waals surface area (Å²) >= 11 is 5.80. The zero-order chi connectivity index (χ0) is 12.1. The Morgan fingerprint density at radius 2 is 2.00 bits per heavy atom. The third-order valence-corrected chi connectivity index (χ3v) is 2.92. The quantitative estimate of drug-likeness (QED) is 0.635. The van der Waals surface area contributed by atoms with E-state index < -0.39 is 0 Å². The average molecular weight is 241 g/mol. The highest BCUT2D eigenvalue weighted by molar-refractivity contribution is 6.33. The Kier molecular flexibility index (Phi) is 4.77. The van der Waals surface area contributed by atoms with E-state index in [0.29, 0.717) is 22.8 Å². The Balaban J connectivity index is 2.76. The number of rotatable bonds is 5. The maximum atomic E-state index is 11.9. The van der Waals surface area contributed by atoms with E-state index in [9.17, 15) is 4.79 Å². The number of hydrogen-bond donors (Lipinski definition) is 1. The Morgan fingerprint density at radius 1 is 1.38 bits per heavy atom. The number of halogens is 1. The van der Waals surface area contributed by atoms with E-state index in [-0.39, 0.29) is 5.78 Å². The van der Waals surface area contributed by atoms with E-state index in [0.717, 1.165) is 13.1 Å². The fourth-order valence-electron chi connectivity index (χ4n) is 1.46. The van der Waals surface area contributed by atoms with Crippen LogP contribution < -0.4 is 5.73 Å². The van der Waals surface area contributed by atoms with Crippen molar-refractivity contribution in [1.29, 1.82) is 0 Å². The van der Waals surface area contributed by atoms with Crippen LogP contribution in [-0.4, -0.2) is 30.3 Å². The van der Waals surface area contributed by atoms with Crippen LogP contribution in [0.1, 0.15) is 24.2 Å². The zero-order valence-electron chi connectivity index (χ0n) is 9.66. The standard InChI is InChI=1S/C12H17ClN2O/c1-3-15(4-2)8-12(16)9-5-6-10(13)11(14)7-9/h5-7H,3-4,8,14H2,1-2H3. The van der Waals surface area contributed by atoms with Crippen molar-refractivity contribution in [3.05, 3.63) is 28.8 Å². The minimum atomic E-state index is 0.0760. The molecule has 0 amide bonds. The topological polar surface area (TPSA) is 46.3 Å². The van der Waals surface area contributed by atoms with E-state index >= 15 is 0 Å². The normalized spacial score (nSPS) is 10.8. The number of ketones is 1. The van der Waals surface area contributed by atoms with E-state index in [1.165, 1.54) is 0 Å². The molecule has 0 radical (unpaired) electrons. The summed E-state index contributed by atoms with van der Waals surface area (Å²) < 4.78 is 0. The molecule has 0 bridgehead atoms. The fourth-order valence-corrected chi connectivity index (χ4v) is 1.58. The van der Waals surface area contributed by atoms with Crippen molar-refractivity contribution < 1.29 is 4.79 Å². The Morgan fingerprint density at radius 3 is 2.50 bits per heavy atom. The predicted molar refractivity (Wildman–Crippen MR) is 68.0 cm³/mol. The minimum Gasteiger partial charge on any atom is -0.398 e. The van der Waals surface area contributed by atoms with Gasteiger partial charge in [0.1, 0.15) is 0 Å². The van der Waals surface area contributed by atoms with Crippen LogP contribution in [0.4, 0.5) is 5.69 Å². The molecule has 0 aromatic heterocycles. The van der Waals surface area contributed by atoms with Crippen LogP contribution >= 0.6 is 11.6 Å². The molecule has 0 spiro atoms. The van der Waals surface area contributed by atoms with E-state index in [1.54, 1.807) is 18.2 Å². The molecule has 1 aromatic rings. The summed E-state index contributed by atoms with van der Waals surface area (Å²) in [6, 6.07) is 5.01. The van der Waals surface area contributed by atoms with Crippen molar-refractivity contribution in [2.45, 2.75) is 13.8 Å². The fraction of sp³-hybridized carbons (Fsp3) is 0.417. The van der Waals surface area contributed by atoms with Gasteiger partial charge in [-0.1, -0.05) is 25.4 Å². The van der Waals surface area contributed by atoms with Gasteiger partial charge in [-0.25, -0.2) is 0 Å². The van der Waals surface area contributed by atoms with E-state index in [2.05, 4.69) is 4.90 Å². The lowest BCUT2D eigenvalue weighted by molar-refractivity contribution is 0.0937. The van der Waals surface area contributed by atoms with Crippen molar-refractivity contribution in [3.63, 3.8) is 0 Å². The average Bonchev–Trinajstić information content (AvgIpc) is 2.29. The number of anilines is 1. The molecule has 0 saturated heterocycles. The maximum absolute atomic E-state index is 11.9. The van der Waals surface area contributed by atoms with Crippen LogP contribution in [0, 0.1) is 0 Å². The monoisotopic (exact) mass is 240 g/mol. The summed E-state index contributed by atoms with van der Waals surface area (Å²) in [6.07, 6.45) is 0. The van der Waals surface area contributed by atoms with Gasteiger partial charge < -0.3 is 5.73 Å². The van der Waals surface area contributed by atoms with Crippen LogP contribution in [0.5, 0.6) is 0 Å². The molecule has 1 rings (SSSR count). The number of nitrogen functional groups attached to an aromatic ring is 1. The molecule has 0 aliphatic carbocycles. The Bertz CT molecular complexity index is 375. The van der Waals surface area contributed by atoms with Crippen LogP contribution in [0.3, 0.4) is 0 Å². The molecule has 0 unspecified atom stereocenters. The maximum Gasteiger partial charge on any atom is 0.176 e. The molecule has 4 heteroatoms. The molecule has 88 valence electrons. The van der Waals surface area contributed by atoms with Gasteiger partial charge in [0.05, 0.1) is 17.3 Å². The summed E-state index contributed by atoms with van der Waals surface area (Å²) in [7, 11) is 0. The molecule has 0 saturated carbocycles. The first-order valence-corrected chi connectivity index (χ1v) is 5.76. The lowest BCUT2D eigenvalue weighted by atomic mass is 10.1. The summed E-state index contributed by atoms with van der Waals surface area (Å²) in [4.78, 5) is 14.0. The molecule has 0 aliphatic heterocycles. The van der Waals surface area contributed by atoms with E-state index in [1.807, 2.05) is 13.8 Å². The molecule has 16 heavy (non-hydrogen) atoms. The second-order valence-electron chi connectivity index (χ2n) is 3.62. The number of hydrogen-bond acceptors (Lipinski definition) is 3. The lowest BCUT2D eigenvalue weighted by Gasteiger charge is -2.16. The molecule has 3 nitrogen and oxygen atoms in total. The van der Waals surface area contributed by atoms with Crippen molar-refractivity contribution in [2.75, 3.05) is 25.4 Å².